The van der Waals surface area contributed by atoms with Crippen LogP contribution in [0.25, 0.3) is 0 Å². The van der Waals surface area contributed by atoms with Crippen molar-refractivity contribution in [2.75, 3.05) is 11.9 Å². The number of carbonyl (C=O) groups excluding carboxylic acids is 2. The summed E-state index contributed by atoms with van der Waals surface area (Å²) in [4.78, 5) is 24.0. The molecule has 8 heteroatoms. The van der Waals surface area contributed by atoms with Gasteiger partial charge in [-0.25, -0.2) is 13.6 Å². The van der Waals surface area contributed by atoms with Crippen LogP contribution in [0.3, 0.4) is 0 Å². The van der Waals surface area contributed by atoms with Crippen LogP contribution in [0.2, 0.25) is 0 Å². The molecular weight excluding hydrogens is 366 g/mol. The third kappa shape index (κ3) is 6.19. The lowest BCUT2D eigenvalue weighted by Gasteiger charge is -2.11. The van der Waals surface area contributed by atoms with Crippen LogP contribution in [0.5, 0.6) is 0 Å². The summed E-state index contributed by atoms with van der Waals surface area (Å²) in [6, 6.07) is 11.8. The molecule has 2 rings (SSSR count). The summed E-state index contributed by atoms with van der Waals surface area (Å²) in [7, 11) is -3.71. The molecule has 0 bridgehead atoms. The van der Waals surface area contributed by atoms with E-state index >= 15 is 0 Å². The number of rotatable bonds is 7. The van der Waals surface area contributed by atoms with Crippen molar-refractivity contribution >= 4 is 27.5 Å². The van der Waals surface area contributed by atoms with Crippen LogP contribution in [-0.4, -0.2) is 26.8 Å². The van der Waals surface area contributed by atoms with E-state index in [1.54, 1.807) is 12.1 Å². The summed E-state index contributed by atoms with van der Waals surface area (Å²) in [6.45, 7) is 4.12. The molecule has 0 aliphatic carbocycles. The number of anilines is 1. The highest BCUT2D eigenvalue weighted by molar-refractivity contribution is 7.89. The zero-order valence-electron chi connectivity index (χ0n) is 15.3. The number of carbonyl (C=O) groups is 2. The Morgan fingerprint density at radius 2 is 1.56 bits per heavy atom. The van der Waals surface area contributed by atoms with Gasteiger partial charge in [0.2, 0.25) is 21.8 Å². The van der Waals surface area contributed by atoms with E-state index < -0.39 is 10.0 Å². The molecule has 7 nitrogen and oxygen atoms in total. The second kappa shape index (κ2) is 8.79. The Morgan fingerprint density at radius 1 is 0.963 bits per heavy atom. The van der Waals surface area contributed by atoms with E-state index in [4.69, 9.17) is 5.14 Å². The Morgan fingerprint density at radius 3 is 2.11 bits per heavy atom. The maximum Gasteiger partial charge on any atom is 0.238 e. The average Bonchev–Trinajstić information content (AvgIpc) is 2.58. The largest absolute Gasteiger partial charge is 0.355 e. The van der Waals surface area contributed by atoms with Crippen molar-refractivity contribution in [3.63, 3.8) is 0 Å². The monoisotopic (exact) mass is 389 g/mol. The smallest absolute Gasteiger partial charge is 0.238 e. The molecule has 0 saturated carbocycles. The lowest BCUT2D eigenvalue weighted by Crippen LogP contribution is -2.30. The van der Waals surface area contributed by atoms with E-state index in [1.165, 1.54) is 12.1 Å². The zero-order valence-corrected chi connectivity index (χ0v) is 16.1. The lowest BCUT2D eigenvalue weighted by molar-refractivity contribution is -0.126. The molecule has 0 spiro atoms. The second-order valence-corrected chi connectivity index (χ2v) is 7.84. The quantitative estimate of drug-likeness (QED) is 0.624. The van der Waals surface area contributed by atoms with Gasteiger partial charge in [-0.3, -0.25) is 9.59 Å². The van der Waals surface area contributed by atoms with Gasteiger partial charge >= 0.3 is 0 Å². The summed E-state index contributed by atoms with van der Waals surface area (Å²) in [6.07, 6.45) is 0.243. The van der Waals surface area contributed by atoms with Gasteiger partial charge in [-0.15, -0.1) is 0 Å². The van der Waals surface area contributed by atoms with Gasteiger partial charge < -0.3 is 10.6 Å². The van der Waals surface area contributed by atoms with Crippen LogP contribution < -0.4 is 15.8 Å². The highest BCUT2D eigenvalue weighted by Gasteiger charge is 2.12. The van der Waals surface area contributed by atoms with Crippen LogP contribution in [0.15, 0.2) is 47.4 Å². The van der Waals surface area contributed by atoms with Gasteiger partial charge in [0.15, 0.2) is 0 Å². The number of primary sulfonamides is 1. The van der Waals surface area contributed by atoms with E-state index in [9.17, 15) is 18.0 Å². The number of para-hydroxylation sites is 1. The SMILES string of the molecule is Cc1cccc(C)c1NC(=O)CC(=O)NCCc1ccc(S(N)(=O)=O)cc1. The fourth-order valence-corrected chi connectivity index (χ4v) is 3.11. The van der Waals surface area contributed by atoms with E-state index in [1.807, 2.05) is 32.0 Å². The third-order valence-electron chi connectivity index (χ3n) is 4.05. The zero-order chi connectivity index (χ0) is 20.0. The van der Waals surface area contributed by atoms with Gasteiger partial charge in [0.1, 0.15) is 6.42 Å². The Hall–Kier alpha value is -2.71. The van der Waals surface area contributed by atoms with Gasteiger partial charge in [-0.05, 0) is 49.1 Å². The van der Waals surface area contributed by atoms with Gasteiger partial charge in [-0.2, -0.15) is 0 Å². The molecule has 0 radical (unpaired) electrons. The molecule has 0 aliphatic heterocycles. The van der Waals surface area contributed by atoms with Gasteiger partial charge in [0, 0.05) is 12.2 Å². The van der Waals surface area contributed by atoms with Crippen molar-refractivity contribution in [2.24, 2.45) is 5.14 Å². The molecule has 0 heterocycles. The first-order chi connectivity index (χ1) is 12.7. The first-order valence-corrected chi connectivity index (χ1v) is 9.96. The Bertz CT molecular complexity index is 918. The summed E-state index contributed by atoms with van der Waals surface area (Å²) in [5.41, 5.74) is 3.45. The maximum atomic E-state index is 12.1. The van der Waals surface area contributed by atoms with Crippen LogP contribution in [0.1, 0.15) is 23.1 Å². The first kappa shape index (κ1) is 20.6. The summed E-state index contributed by atoms with van der Waals surface area (Å²) >= 11 is 0. The minimum Gasteiger partial charge on any atom is -0.355 e. The minimum atomic E-state index is -3.71. The van der Waals surface area contributed by atoms with Gasteiger partial charge in [0.25, 0.3) is 0 Å². The number of hydrogen-bond acceptors (Lipinski definition) is 4. The van der Waals surface area contributed by atoms with Gasteiger partial charge in [-0.1, -0.05) is 30.3 Å². The molecule has 0 atom stereocenters. The number of aryl methyl sites for hydroxylation is 2. The van der Waals surface area contributed by atoms with Crippen molar-refractivity contribution in [1.82, 2.24) is 5.32 Å². The normalized spacial score (nSPS) is 11.1. The van der Waals surface area contributed by atoms with Crippen molar-refractivity contribution in [2.45, 2.75) is 31.6 Å². The Kier molecular flexibility index (Phi) is 6.70. The maximum absolute atomic E-state index is 12.1. The highest BCUT2D eigenvalue weighted by Crippen LogP contribution is 2.19. The number of nitrogens with one attached hydrogen (secondary N) is 2. The summed E-state index contributed by atoms with van der Waals surface area (Å²) in [5.74, 6) is -0.748. The second-order valence-electron chi connectivity index (χ2n) is 6.28. The molecule has 144 valence electrons. The molecule has 0 fully saturated rings. The molecule has 0 aromatic heterocycles. The molecule has 0 aliphatic rings. The topological polar surface area (TPSA) is 118 Å². The highest BCUT2D eigenvalue weighted by atomic mass is 32.2. The number of hydrogen-bond donors (Lipinski definition) is 3. The summed E-state index contributed by atoms with van der Waals surface area (Å²) < 4.78 is 22.4. The minimum absolute atomic E-state index is 0.0402. The van der Waals surface area contributed by atoms with Gasteiger partial charge in [0.05, 0.1) is 4.90 Å². The predicted octanol–water partition coefficient (Wildman–Crippen LogP) is 1.64. The number of nitrogens with two attached hydrogens (primary N) is 1. The van der Waals surface area contributed by atoms with E-state index in [0.29, 0.717) is 13.0 Å². The summed E-state index contributed by atoms with van der Waals surface area (Å²) in [5, 5.41) is 10.5. The first-order valence-electron chi connectivity index (χ1n) is 8.41. The van der Waals surface area contributed by atoms with Crippen LogP contribution in [0.4, 0.5) is 5.69 Å². The molecule has 2 aromatic carbocycles. The fraction of sp³-hybridized carbons (Fsp3) is 0.263. The molecular formula is C19H23N3O4S. The van der Waals surface area contributed by atoms with E-state index in [2.05, 4.69) is 10.6 Å². The Labute approximate surface area is 159 Å². The van der Waals surface area contributed by atoms with Crippen molar-refractivity contribution < 1.29 is 18.0 Å². The average molecular weight is 389 g/mol. The van der Waals surface area contributed by atoms with E-state index in [0.717, 1.165) is 22.4 Å². The molecule has 2 amide bonds. The van der Waals surface area contributed by atoms with E-state index in [-0.39, 0.29) is 23.1 Å². The Balaban J connectivity index is 1.80. The fourth-order valence-electron chi connectivity index (χ4n) is 2.60. The predicted molar refractivity (Wildman–Crippen MR) is 104 cm³/mol. The standard InChI is InChI=1S/C19H23N3O4S/c1-13-4-3-5-14(2)19(13)22-18(24)12-17(23)21-11-10-15-6-8-16(9-7-15)27(20,25)26/h3-9H,10-12H2,1-2H3,(H,21,23)(H,22,24)(H2,20,25,26). The van der Waals surface area contributed by atoms with Crippen LogP contribution in [0, 0.1) is 13.8 Å². The number of benzene rings is 2. The van der Waals surface area contributed by atoms with Crippen LogP contribution >= 0.6 is 0 Å². The molecule has 0 unspecified atom stereocenters. The van der Waals surface area contributed by atoms with Crippen molar-refractivity contribution in [3.8, 4) is 0 Å². The molecule has 4 N–H and O–H groups in total. The van der Waals surface area contributed by atoms with Crippen molar-refractivity contribution in [1.29, 1.82) is 0 Å². The third-order valence-corrected chi connectivity index (χ3v) is 4.98. The number of sulfonamides is 1. The van der Waals surface area contributed by atoms with Crippen molar-refractivity contribution in [3.05, 3.63) is 59.2 Å². The number of amides is 2. The molecule has 27 heavy (non-hydrogen) atoms. The lowest BCUT2D eigenvalue weighted by atomic mass is 10.1. The molecule has 0 saturated heterocycles. The molecule has 2 aromatic rings. The van der Waals surface area contributed by atoms with Crippen LogP contribution in [-0.2, 0) is 26.0 Å².